The van der Waals surface area contributed by atoms with Crippen molar-refractivity contribution in [1.82, 2.24) is 10.2 Å². The number of hydrogen-bond donors (Lipinski definition) is 1. The Kier molecular flexibility index (Phi) is 7.99. The van der Waals surface area contributed by atoms with E-state index in [2.05, 4.69) is 9.50 Å². The van der Waals surface area contributed by atoms with E-state index in [9.17, 15) is 25.3 Å². The Morgan fingerprint density at radius 1 is 1.17 bits per heavy atom. The molecule has 0 aromatic heterocycles. The van der Waals surface area contributed by atoms with Gasteiger partial charge in [0.15, 0.2) is 0 Å². The first kappa shape index (κ1) is 21.4. The fraction of sp³-hybridized carbons (Fsp3) is 0.455. The first-order chi connectivity index (χ1) is 10.1. The monoisotopic (exact) mass is 380 g/mol. The molecule has 0 radical (unpaired) electrons. The van der Waals surface area contributed by atoms with Crippen molar-refractivity contribution in [3.63, 3.8) is 0 Å². The van der Waals surface area contributed by atoms with Crippen molar-refractivity contribution >= 4 is 22.9 Å². The number of piperazine rings is 1. The summed E-state index contributed by atoms with van der Waals surface area (Å²) in [7, 11) is -5.37. The van der Waals surface area contributed by atoms with Crippen LogP contribution in [0.5, 0.6) is 5.75 Å². The van der Waals surface area contributed by atoms with E-state index in [1.54, 1.807) is 0 Å². The summed E-state index contributed by atoms with van der Waals surface area (Å²) in [5, 5.41) is 3.11. The fourth-order valence-corrected chi connectivity index (χ4v) is 2.58. The Hall–Kier alpha value is 0.311. The summed E-state index contributed by atoms with van der Waals surface area (Å²) >= 11 is 0. The second-order valence-corrected chi connectivity index (χ2v) is 5.94. The van der Waals surface area contributed by atoms with Crippen LogP contribution in [-0.4, -0.2) is 46.5 Å². The molecular formula is C11H14BF4KN2O3S. The third-order valence-electron chi connectivity index (χ3n) is 3.18. The molecule has 0 saturated carbocycles. The Bertz CT molecular complexity index is 639. The molecule has 1 aliphatic heterocycles. The molecule has 12 heteroatoms. The van der Waals surface area contributed by atoms with Crippen molar-refractivity contribution in [3.05, 3.63) is 23.8 Å². The molecule has 23 heavy (non-hydrogen) atoms. The summed E-state index contributed by atoms with van der Waals surface area (Å²) in [6.07, 6.45) is 0. The van der Waals surface area contributed by atoms with Crippen molar-refractivity contribution in [2.75, 3.05) is 26.2 Å². The zero-order valence-electron chi connectivity index (χ0n) is 12.4. The first-order valence-corrected chi connectivity index (χ1v) is 7.85. The molecule has 1 saturated heterocycles. The van der Waals surface area contributed by atoms with E-state index in [0.717, 1.165) is 12.1 Å². The molecule has 1 aliphatic rings. The van der Waals surface area contributed by atoms with Crippen molar-refractivity contribution in [2.45, 2.75) is 6.54 Å². The second-order valence-electron chi connectivity index (χ2n) is 4.99. The molecule has 0 aliphatic carbocycles. The molecule has 1 fully saturated rings. The number of halogens is 4. The second kappa shape index (κ2) is 8.61. The molecule has 0 atom stereocenters. The van der Waals surface area contributed by atoms with Gasteiger partial charge in [0.2, 0.25) is 0 Å². The molecule has 2 rings (SSSR count). The summed E-state index contributed by atoms with van der Waals surface area (Å²) in [5.41, 5.74) is -0.802. The Morgan fingerprint density at radius 2 is 1.78 bits per heavy atom. The molecule has 1 aromatic carbocycles. The molecule has 1 aromatic rings. The maximum atomic E-state index is 12.9. The maximum Gasteiger partial charge on any atom is 1.00 e. The van der Waals surface area contributed by atoms with E-state index in [1.165, 1.54) is 0 Å². The third kappa shape index (κ3) is 7.38. The van der Waals surface area contributed by atoms with Crippen LogP contribution in [0.3, 0.4) is 0 Å². The summed E-state index contributed by atoms with van der Waals surface area (Å²) in [6, 6.07) is 2.52. The van der Waals surface area contributed by atoms with E-state index in [4.69, 9.17) is 0 Å². The van der Waals surface area contributed by atoms with Gasteiger partial charge in [-0.2, -0.15) is 8.42 Å². The van der Waals surface area contributed by atoms with Crippen LogP contribution < -0.4 is 66.3 Å². The van der Waals surface area contributed by atoms with Gasteiger partial charge in [0.25, 0.3) is 0 Å². The van der Waals surface area contributed by atoms with E-state index in [0.29, 0.717) is 32.2 Å². The van der Waals surface area contributed by atoms with Crippen molar-refractivity contribution in [3.8, 4) is 5.75 Å². The molecule has 0 bridgehead atoms. The zero-order valence-corrected chi connectivity index (χ0v) is 16.4. The zero-order chi connectivity index (χ0) is 16.4. The summed E-state index contributed by atoms with van der Waals surface area (Å²) in [6.45, 7) is -2.42. The molecular weight excluding hydrogens is 366 g/mol. The van der Waals surface area contributed by atoms with Gasteiger partial charge in [-0.05, 0) is 17.7 Å². The van der Waals surface area contributed by atoms with Crippen LogP contribution in [0.2, 0.25) is 0 Å². The summed E-state index contributed by atoms with van der Waals surface area (Å²) in [4.78, 5) is 1.91. The van der Waals surface area contributed by atoms with Gasteiger partial charge < -0.3 is 22.4 Å². The van der Waals surface area contributed by atoms with Crippen LogP contribution >= 0.6 is 0 Å². The molecule has 5 nitrogen and oxygen atoms in total. The first-order valence-electron chi connectivity index (χ1n) is 6.54. The average Bonchev–Trinajstić information content (AvgIpc) is 2.36. The van der Waals surface area contributed by atoms with Gasteiger partial charge >= 0.3 is 68.9 Å². The van der Waals surface area contributed by atoms with Gasteiger partial charge in [0.05, 0.1) is 0 Å². The Labute approximate surface area is 174 Å². The van der Waals surface area contributed by atoms with Crippen LogP contribution in [0.4, 0.5) is 16.8 Å². The van der Waals surface area contributed by atoms with Crippen LogP contribution in [0.15, 0.2) is 18.2 Å². The number of nitrogens with zero attached hydrogens (tertiary/aromatic N) is 1. The van der Waals surface area contributed by atoms with Crippen molar-refractivity contribution < 1.29 is 80.8 Å². The number of rotatable bonds is 5. The van der Waals surface area contributed by atoms with Gasteiger partial charge in [-0.15, -0.1) is 5.46 Å². The summed E-state index contributed by atoms with van der Waals surface area (Å²) in [5.74, 6) is -0.677. The largest absolute Gasteiger partial charge is 1.00 e. The van der Waals surface area contributed by atoms with Crippen LogP contribution in [0.1, 0.15) is 5.56 Å². The smallest absolute Gasteiger partial charge is 0.445 e. The SMILES string of the molecule is O=S(=O)(F)Oc1cc(CN2CCNCC2)cc([B-](F)(F)F)c1.[K+]. The van der Waals surface area contributed by atoms with E-state index < -0.39 is 28.7 Å². The molecule has 124 valence electrons. The molecule has 0 unspecified atom stereocenters. The average molecular weight is 380 g/mol. The van der Waals surface area contributed by atoms with Gasteiger partial charge in [-0.3, -0.25) is 4.90 Å². The van der Waals surface area contributed by atoms with Crippen LogP contribution in [-0.2, 0) is 17.0 Å². The van der Waals surface area contributed by atoms with Crippen molar-refractivity contribution in [2.24, 2.45) is 0 Å². The number of nitrogens with one attached hydrogen (secondary N) is 1. The predicted molar refractivity (Wildman–Crippen MR) is 74.0 cm³/mol. The summed E-state index contributed by atoms with van der Waals surface area (Å²) < 4.78 is 76.2. The Balaban J connectivity index is 0.00000264. The van der Waals surface area contributed by atoms with Gasteiger partial charge in [-0.25, -0.2) is 0 Å². The quantitative estimate of drug-likeness (QED) is 0.355. The standard InChI is InChI=1S/C11H14BF4N2O3S.K/c13-12(14,15)10-5-9(8-18-3-1-17-2-4-18)6-11(7-10)21-22(16,19)20;/h5-7,17H,1-4,8H2;/q-1;+1. The topological polar surface area (TPSA) is 58.6 Å². The Morgan fingerprint density at radius 3 is 2.30 bits per heavy atom. The molecule has 0 amide bonds. The van der Waals surface area contributed by atoms with E-state index in [1.807, 2.05) is 4.90 Å². The molecule has 0 spiro atoms. The van der Waals surface area contributed by atoms with Crippen LogP contribution in [0.25, 0.3) is 0 Å². The predicted octanol–water partition coefficient (Wildman–Crippen LogP) is -2.26. The molecule has 1 heterocycles. The van der Waals surface area contributed by atoms with Crippen LogP contribution in [0, 0.1) is 0 Å². The minimum absolute atomic E-state index is 0. The fourth-order valence-electron chi connectivity index (χ4n) is 2.26. The molecule has 1 N–H and O–H groups in total. The van der Waals surface area contributed by atoms with Gasteiger partial charge in [0.1, 0.15) is 5.75 Å². The minimum atomic E-state index is -5.37. The van der Waals surface area contributed by atoms with E-state index >= 15 is 0 Å². The minimum Gasteiger partial charge on any atom is -0.445 e. The van der Waals surface area contributed by atoms with E-state index in [-0.39, 0.29) is 63.5 Å². The normalized spacial score (nSPS) is 16.7. The number of benzene rings is 1. The maximum absolute atomic E-state index is 12.9. The third-order valence-corrected chi connectivity index (χ3v) is 3.57. The number of hydrogen-bond acceptors (Lipinski definition) is 5. The van der Waals surface area contributed by atoms with Crippen molar-refractivity contribution in [1.29, 1.82) is 0 Å². The van der Waals surface area contributed by atoms with Gasteiger partial charge in [-0.1, -0.05) is 9.95 Å². The van der Waals surface area contributed by atoms with Gasteiger partial charge in [0, 0.05) is 32.7 Å².